The lowest BCUT2D eigenvalue weighted by Crippen LogP contribution is -2.01. The van der Waals surface area contributed by atoms with Crippen LogP contribution in [0.5, 0.6) is 0 Å². The Labute approximate surface area is 65.6 Å². The van der Waals surface area contributed by atoms with E-state index in [0.29, 0.717) is 6.61 Å². The molecule has 0 rings (SSSR count). The van der Waals surface area contributed by atoms with Crippen LogP contribution in [-0.2, 0) is 4.74 Å². The predicted octanol–water partition coefficient (Wildman–Crippen LogP) is 2.73. The van der Waals surface area contributed by atoms with Gasteiger partial charge in [-0.1, -0.05) is 30.1 Å². The van der Waals surface area contributed by atoms with E-state index >= 15 is 0 Å². The Morgan fingerprint density at radius 1 is 1.67 bits per heavy atom. The Balaban J connectivity index is 3.15. The maximum atomic E-state index is 5.57. The van der Waals surface area contributed by atoms with Gasteiger partial charge in [0.15, 0.2) is 5.56 Å². The monoisotopic (exact) mass is 168 g/mol. The van der Waals surface area contributed by atoms with Crippen molar-refractivity contribution in [1.29, 1.82) is 0 Å². The average molecular weight is 169 g/mol. The smallest absolute Gasteiger partial charge is 0.150 e. The van der Waals surface area contributed by atoms with Crippen LogP contribution in [0.3, 0.4) is 0 Å². The van der Waals surface area contributed by atoms with Crippen LogP contribution in [0, 0.1) is 0 Å². The Morgan fingerprint density at radius 3 is 2.78 bits per heavy atom. The molecular weight excluding hydrogens is 159 g/mol. The molecule has 1 nitrogen and oxygen atoms in total. The molecule has 0 radical (unpaired) electrons. The fourth-order valence-corrected chi connectivity index (χ4v) is 0.712. The van der Waals surface area contributed by atoms with Gasteiger partial charge in [-0.3, -0.25) is 0 Å². The second-order valence-electron chi connectivity index (χ2n) is 1.54. The highest BCUT2D eigenvalue weighted by atomic mass is 35.5. The van der Waals surface area contributed by atoms with E-state index in [1.807, 2.05) is 6.92 Å². The van der Waals surface area contributed by atoms with Crippen molar-refractivity contribution < 1.29 is 4.74 Å². The van der Waals surface area contributed by atoms with Gasteiger partial charge in [0.25, 0.3) is 0 Å². The molecule has 0 bridgehead atoms. The summed E-state index contributed by atoms with van der Waals surface area (Å²) in [4.78, 5) is 0. The topological polar surface area (TPSA) is 9.23 Å². The first-order valence-electron chi connectivity index (χ1n) is 2.83. The van der Waals surface area contributed by atoms with Crippen molar-refractivity contribution in [2.24, 2.45) is 0 Å². The Kier molecular flexibility index (Phi) is 6.60. The van der Waals surface area contributed by atoms with Crippen LogP contribution in [0.25, 0.3) is 0 Å². The molecule has 0 N–H and O–H groups in total. The van der Waals surface area contributed by atoms with Crippen LogP contribution >= 0.6 is 23.2 Å². The summed E-state index contributed by atoms with van der Waals surface area (Å²) >= 11 is 10.8. The summed E-state index contributed by atoms with van der Waals surface area (Å²) in [5.74, 6) is 0. The molecule has 54 valence electrons. The van der Waals surface area contributed by atoms with Gasteiger partial charge < -0.3 is 4.74 Å². The molecule has 0 aliphatic rings. The summed E-state index contributed by atoms with van der Waals surface area (Å²) in [7, 11) is 0. The van der Waals surface area contributed by atoms with E-state index in [2.05, 4.69) is 0 Å². The van der Waals surface area contributed by atoms with Crippen molar-refractivity contribution >= 4 is 23.2 Å². The van der Waals surface area contributed by atoms with E-state index in [9.17, 15) is 0 Å². The molecule has 0 aromatic carbocycles. The van der Waals surface area contributed by atoms with E-state index in [-0.39, 0.29) is 5.56 Å². The van der Waals surface area contributed by atoms with Crippen molar-refractivity contribution in [3.05, 3.63) is 11.6 Å². The van der Waals surface area contributed by atoms with Crippen molar-refractivity contribution in [3.8, 4) is 0 Å². The first-order chi connectivity index (χ1) is 4.31. The number of rotatable bonds is 4. The zero-order valence-electron chi connectivity index (χ0n) is 5.31. The quantitative estimate of drug-likeness (QED) is 0.588. The molecule has 1 atom stereocenters. The van der Waals surface area contributed by atoms with E-state index in [0.717, 1.165) is 6.42 Å². The molecule has 3 heteroatoms. The minimum absolute atomic E-state index is 0.373. The normalized spacial score (nSPS) is 14.6. The van der Waals surface area contributed by atoms with Crippen LogP contribution in [0.4, 0.5) is 0 Å². The second-order valence-corrected chi connectivity index (χ2v) is 2.22. The molecule has 0 fully saturated rings. The molecule has 0 saturated carbocycles. The number of hydrogen-bond acceptors (Lipinski definition) is 1. The standard InChI is InChI=1S/C6H10Cl2O/c1-2-5-9-6(8)3-4-7/h3-4,6H,2,5H2,1H3. The number of alkyl halides is 1. The highest BCUT2D eigenvalue weighted by Gasteiger charge is 1.94. The first-order valence-corrected chi connectivity index (χ1v) is 3.71. The average Bonchev–Trinajstić information content (AvgIpc) is 1.85. The molecule has 0 aliphatic carbocycles. The van der Waals surface area contributed by atoms with Gasteiger partial charge in [0.1, 0.15) is 0 Å². The van der Waals surface area contributed by atoms with Gasteiger partial charge in [0.2, 0.25) is 0 Å². The Morgan fingerprint density at radius 2 is 2.33 bits per heavy atom. The minimum atomic E-state index is -0.373. The van der Waals surface area contributed by atoms with E-state index < -0.39 is 0 Å². The SMILES string of the molecule is CCCOC(Cl)C=CCl. The lowest BCUT2D eigenvalue weighted by Gasteiger charge is -2.02. The number of halogens is 2. The Hall–Kier alpha value is 0.280. The van der Waals surface area contributed by atoms with Gasteiger partial charge in [-0.05, 0) is 12.5 Å². The second kappa shape index (κ2) is 6.40. The van der Waals surface area contributed by atoms with E-state index in [1.165, 1.54) is 5.54 Å². The van der Waals surface area contributed by atoms with Crippen molar-refractivity contribution in [1.82, 2.24) is 0 Å². The van der Waals surface area contributed by atoms with Gasteiger partial charge in [-0.25, -0.2) is 0 Å². The van der Waals surface area contributed by atoms with Crippen LogP contribution in [0.15, 0.2) is 11.6 Å². The van der Waals surface area contributed by atoms with Gasteiger partial charge >= 0.3 is 0 Å². The zero-order valence-corrected chi connectivity index (χ0v) is 6.82. The summed E-state index contributed by atoms with van der Waals surface area (Å²) in [6.07, 6.45) is 2.55. The van der Waals surface area contributed by atoms with Crippen LogP contribution in [-0.4, -0.2) is 12.2 Å². The van der Waals surface area contributed by atoms with E-state index in [4.69, 9.17) is 27.9 Å². The largest absolute Gasteiger partial charge is 0.359 e. The van der Waals surface area contributed by atoms with Crippen LogP contribution in [0.2, 0.25) is 0 Å². The summed E-state index contributed by atoms with van der Waals surface area (Å²) in [5.41, 5.74) is 0.982. The third kappa shape index (κ3) is 6.16. The van der Waals surface area contributed by atoms with Crippen molar-refractivity contribution in [2.45, 2.75) is 18.9 Å². The summed E-state index contributed by atoms with van der Waals surface area (Å²) < 4.78 is 5.03. The van der Waals surface area contributed by atoms with Gasteiger partial charge in [0.05, 0.1) is 0 Å². The maximum Gasteiger partial charge on any atom is 0.150 e. The van der Waals surface area contributed by atoms with E-state index in [1.54, 1.807) is 6.08 Å². The Bertz CT molecular complexity index is 83.1. The highest BCUT2D eigenvalue weighted by Crippen LogP contribution is 2.01. The van der Waals surface area contributed by atoms with Gasteiger partial charge in [0, 0.05) is 12.1 Å². The molecule has 0 spiro atoms. The molecule has 1 unspecified atom stereocenters. The van der Waals surface area contributed by atoms with Gasteiger partial charge in [-0.15, -0.1) is 0 Å². The van der Waals surface area contributed by atoms with Crippen molar-refractivity contribution in [2.75, 3.05) is 6.61 Å². The number of ether oxygens (including phenoxy) is 1. The molecule has 0 aliphatic heterocycles. The first kappa shape index (κ1) is 9.28. The summed E-state index contributed by atoms with van der Waals surface area (Å²) in [6, 6.07) is 0. The fourth-order valence-electron chi connectivity index (χ4n) is 0.343. The molecular formula is C6H10Cl2O. The third-order valence-electron chi connectivity index (χ3n) is 0.705. The molecule has 9 heavy (non-hydrogen) atoms. The maximum absolute atomic E-state index is 5.57. The fraction of sp³-hybridized carbons (Fsp3) is 0.667. The number of hydrogen-bond donors (Lipinski definition) is 0. The minimum Gasteiger partial charge on any atom is -0.359 e. The molecule has 0 aromatic heterocycles. The predicted molar refractivity (Wildman–Crippen MR) is 40.9 cm³/mol. The van der Waals surface area contributed by atoms with Crippen LogP contribution < -0.4 is 0 Å². The summed E-state index contributed by atoms with van der Waals surface area (Å²) in [5, 5.41) is 0. The van der Waals surface area contributed by atoms with Crippen molar-refractivity contribution in [3.63, 3.8) is 0 Å². The lowest BCUT2D eigenvalue weighted by atomic mass is 10.5. The third-order valence-corrected chi connectivity index (χ3v) is 1.12. The molecule has 0 amide bonds. The molecule has 0 heterocycles. The lowest BCUT2D eigenvalue weighted by molar-refractivity contribution is 0.136. The van der Waals surface area contributed by atoms with Gasteiger partial charge in [-0.2, -0.15) is 0 Å². The molecule has 0 saturated heterocycles. The zero-order chi connectivity index (χ0) is 7.11. The summed E-state index contributed by atoms with van der Waals surface area (Å²) in [6.45, 7) is 2.70. The highest BCUT2D eigenvalue weighted by molar-refractivity contribution is 6.26. The van der Waals surface area contributed by atoms with Crippen LogP contribution in [0.1, 0.15) is 13.3 Å². The molecule has 0 aromatic rings.